The van der Waals surface area contributed by atoms with Gasteiger partial charge in [0, 0.05) is 11.8 Å². The molecule has 0 aliphatic rings. The van der Waals surface area contributed by atoms with Crippen molar-refractivity contribution in [3.63, 3.8) is 0 Å². The minimum absolute atomic E-state index is 0.361. The molecule has 102 valence electrons. The molecule has 0 radical (unpaired) electrons. The zero-order valence-electron chi connectivity index (χ0n) is 11.9. The Bertz CT molecular complexity index is 861. The second-order valence-corrected chi connectivity index (χ2v) is 5.81. The molecular formula is C17H17NO2. The highest BCUT2D eigenvalue weighted by Crippen LogP contribution is 2.22. The van der Waals surface area contributed by atoms with Crippen LogP contribution in [0.25, 0.3) is 16.6 Å². The van der Waals surface area contributed by atoms with Crippen LogP contribution < -0.4 is 10.9 Å². The lowest BCUT2D eigenvalue weighted by Crippen LogP contribution is -2.38. The first-order valence-corrected chi connectivity index (χ1v) is 6.89. The van der Waals surface area contributed by atoms with Crippen molar-refractivity contribution in [1.29, 1.82) is 0 Å². The number of fused-ring (bicyclic) bond motifs is 1. The molecule has 1 heterocycles. The molecule has 3 aromatic rings. The van der Waals surface area contributed by atoms with E-state index in [1.165, 1.54) is 5.56 Å². The first-order chi connectivity index (χ1) is 9.49. The third-order valence-electron chi connectivity index (χ3n) is 3.76. The second kappa shape index (κ2) is 4.44. The molecule has 0 unspecified atom stereocenters. The summed E-state index contributed by atoms with van der Waals surface area (Å²) < 4.78 is 1.85. The third kappa shape index (κ3) is 1.82. The smallest absolute Gasteiger partial charge is 0.250 e. The zero-order valence-corrected chi connectivity index (χ0v) is 11.9. The van der Waals surface area contributed by atoms with Gasteiger partial charge in [0.2, 0.25) is 10.9 Å². The van der Waals surface area contributed by atoms with Crippen molar-refractivity contribution in [2.45, 2.75) is 27.2 Å². The predicted octanol–water partition coefficient (Wildman–Crippen LogP) is 2.73. The van der Waals surface area contributed by atoms with E-state index in [1.807, 2.05) is 16.8 Å². The highest BCUT2D eigenvalue weighted by molar-refractivity contribution is 5.83. The number of rotatable bonds is 3. The molecule has 3 rings (SSSR count). The number of benzene rings is 1. The number of aromatic nitrogens is 1. The fraction of sp³-hybridized carbons (Fsp3) is 0.294. The van der Waals surface area contributed by atoms with Crippen LogP contribution in [0.15, 0.2) is 40.1 Å². The van der Waals surface area contributed by atoms with Gasteiger partial charge in [-0.1, -0.05) is 26.0 Å². The topological polar surface area (TPSA) is 39.1 Å². The van der Waals surface area contributed by atoms with Crippen LogP contribution in [0.1, 0.15) is 25.0 Å². The number of hydrogen-bond donors (Lipinski definition) is 0. The van der Waals surface area contributed by atoms with E-state index in [0.717, 1.165) is 17.3 Å². The maximum absolute atomic E-state index is 11.7. The van der Waals surface area contributed by atoms with E-state index in [1.54, 1.807) is 6.92 Å². The van der Waals surface area contributed by atoms with Crippen molar-refractivity contribution >= 4 is 10.9 Å². The van der Waals surface area contributed by atoms with E-state index in [0.29, 0.717) is 17.2 Å². The van der Waals surface area contributed by atoms with Crippen molar-refractivity contribution in [1.82, 2.24) is 4.57 Å². The number of nitrogens with zero attached hydrogens (tertiary/aromatic N) is 1. The van der Waals surface area contributed by atoms with E-state index >= 15 is 0 Å². The molecule has 0 aliphatic carbocycles. The van der Waals surface area contributed by atoms with Crippen LogP contribution in [0, 0.1) is 12.8 Å². The highest BCUT2D eigenvalue weighted by Gasteiger charge is 2.19. The molecule has 0 amide bonds. The fourth-order valence-corrected chi connectivity index (χ4v) is 2.75. The van der Waals surface area contributed by atoms with Crippen molar-refractivity contribution in [3.05, 3.63) is 62.0 Å². The van der Waals surface area contributed by atoms with E-state index in [-0.39, 0.29) is 10.9 Å². The molecule has 2 aromatic carbocycles. The van der Waals surface area contributed by atoms with Gasteiger partial charge in [0.05, 0.1) is 5.52 Å². The van der Waals surface area contributed by atoms with Crippen LogP contribution in [-0.2, 0) is 6.42 Å². The van der Waals surface area contributed by atoms with Crippen LogP contribution in [0.2, 0.25) is 0 Å². The van der Waals surface area contributed by atoms with Crippen molar-refractivity contribution in [2.24, 2.45) is 5.92 Å². The molecule has 0 aliphatic heterocycles. The molecular weight excluding hydrogens is 250 g/mol. The van der Waals surface area contributed by atoms with Gasteiger partial charge in [0.15, 0.2) is 0 Å². The molecule has 0 saturated carbocycles. The first kappa shape index (κ1) is 12.9. The molecule has 1 aromatic heterocycles. The van der Waals surface area contributed by atoms with Gasteiger partial charge in [0.25, 0.3) is 0 Å². The molecule has 0 bridgehead atoms. The monoisotopic (exact) mass is 267 g/mol. The molecule has 0 fully saturated rings. The predicted molar refractivity (Wildman–Crippen MR) is 81.5 cm³/mol. The van der Waals surface area contributed by atoms with Crippen LogP contribution in [0.5, 0.6) is 0 Å². The van der Waals surface area contributed by atoms with Gasteiger partial charge in [0.1, 0.15) is 5.69 Å². The van der Waals surface area contributed by atoms with Gasteiger partial charge in [-0.3, -0.25) is 9.59 Å². The molecule has 3 heteroatoms. The van der Waals surface area contributed by atoms with E-state index in [9.17, 15) is 9.59 Å². The van der Waals surface area contributed by atoms with Crippen LogP contribution >= 0.6 is 0 Å². The van der Waals surface area contributed by atoms with Gasteiger partial charge in [-0.25, -0.2) is 0 Å². The summed E-state index contributed by atoms with van der Waals surface area (Å²) in [7, 11) is 0. The average molecular weight is 267 g/mol. The lowest BCUT2D eigenvalue weighted by atomic mass is 10.0. The molecule has 0 spiro atoms. The lowest BCUT2D eigenvalue weighted by Gasteiger charge is -2.11. The fourth-order valence-electron chi connectivity index (χ4n) is 2.75. The van der Waals surface area contributed by atoms with Crippen LogP contribution in [-0.4, -0.2) is 4.57 Å². The Labute approximate surface area is 117 Å². The van der Waals surface area contributed by atoms with E-state index in [2.05, 4.69) is 32.0 Å². The minimum Gasteiger partial charge on any atom is -0.313 e. The van der Waals surface area contributed by atoms with Crippen molar-refractivity contribution < 1.29 is 0 Å². The highest BCUT2D eigenvalue weighted by atomic mass is 16.2. The Hall–Kier alpha value is -2.16. The molecule has 20 heavy (non-hydrogen) atoms. The molecule has 0 saturated heterocycles. The largest absolute Gasteiger partial charge is 0.313 e. The summed E-state index contributed by atoms with van der Waals surface area (Å²) in [6.45, 7) is 6.08. The minimum atomic E-state index is -0.380. The zero-order chi connectivity index (χ0) is 14.4. The summed E-state index contributed by atoms with van der Waals surface area (Å²) >= 11 is 0. The van der Waals surface area contributed by atoms with Gasteiger partial charge in [-0.2, -0.15) is 0 Å². The van der Waals surface area contributed by atoms with Gasteiger partial charge < -0.3 is 4.57 Å². The summed E-state index contributed by atoms with van der Waals surface area (Å²) in [5, 5.41) is 1.09. The quantitative estimate of drug-likeness (QED) is 0.684. The second-order valence-electron chi connectivity index (χ2n) is 5.81. The third-order valence-corrected chi connectivity index (χ3v) is 3.76. The lowest BCUT2D eigenvalue weighted by molar-refractivity contribution is 0.647. The Morgan fingerprint density at radius 2 is 1.85 bits per heavy atom. The Morgan fingerprint density at radius 1 is 1.10 bits per heavy atom. The van der Waals surface area contributed by atoms with E-state index in [4.69, 9.17) is 0 Å². The SMILES string of the molecule is Cc1c(-n2ccc3ccc(CC(C)C)cc32)c(=O)c1=O. The normalized spacial score (nSPS) is 11.8. The Balaban J connectivity index is 2.18. The average Bonchev–Trinajstić information content (AvgIpc) is 2.81. The molecule has 3 nitrogen and oxygen atoms in total. The van der Waals surface area contributed by atoms with Crippen molar-refractivity contribution in [3.8, 4) is 5.69 Å². The van der Waals surface area contributed by atoms with Crippen LogP contribution in [0.3, 0.4) is 0 Å². The summed E-state index contributed by atoms with van der Waals surface area (Å²) in [6.07, 6.45) is 2.87. The maximum atomic E-state index is 11.7. The van der Waals surface area contributed by atoms with Gasteiger partial charge >= 0.3 is 0 Å². The maximum Gasteiger partial charge on any atom is 0.250 e. The Morgan fingerprint density at radius 3 is 2.50 bits per heavy atom. The standard InChI is InChI=1S/C17H17NO2/c1-10(2)8-12-4-5-13-6-7-18(14(13)9-12)15-11(3)16(19)17(15)20/h4-7,9-10H,8H2,1-3H3. The molecule has 0 N–H and O–H groups in total. The van der Waals surface area contributed by atoms with Gasteiger partial charge in [-0.15, -0.1) is 0 Å². The summed E-state index contributed by atoms with van der Waals surface area (Å²) in [5.41, 5.74) is 2.59. The first-order valence-electron chi connectivity index (χ1n) is 6.89. The summed E-state index contributed by atoms with van der Waals surface area (Å²) in [6, 6.07) is 8.29. The van der Waals surface area contributed by atoms with Gasteiger partial charge in [-0.05, 0) is 42.3 Å². The summed E-state index contributed by atoms with van der Waals surface area (Å²) in [4.78, 5) is 23.1. The Kier molecular flexibility index (Phi) is 2.85. The van der Waals surface area contributed by atoms with E-state index < -0.39 is 0 Å². The summed E-state index contributed by atoms with van der Waals surface area (Å²) in [5.74, 6) is 0.587. The molecule has 0 atom stereocenters. The van der Waals surface area contributed by atoms with Crippen molar-refractivity contribution in [2.75, 3.05) is 0 Å². The van der Waals surface area contributed by atoms with Crippen LogP contribution in [0.4, 0.5) is 0 Å². The number of hydrogen-bond acceptors (Lipinski definition) is 2.